The predicted octanol–water partition coefficient (Wildman–Crippen LogP) is 4.68. The normalized spacial score (nSPS) is 20.8. The lowest BCUT2D eigenvalue weighted by Crippen LogP contribution is -2.56. The minimum Gasteiger partial charge on any atom is -0.449 e. The number of fused-ring (bicyclic) bond motifs is 3. The van der Waals surface area contributed by atoms with Gasteiger partial charge in [-0.1, -0.05) is 48.5 Å². The molecule has 4 rings (SSSR count). The smallest absolute Gasteiger partial charge is 0.407 e. The van der Waals surface area contributed by atoms with E-state index >= 15 is 0 Å². The molecular weight excluding hydrogens is 470 g/mol. The SMILES string of the molecule is CN(C)C(=O)[C@H]1CC[C@H](NC(=O)OCC2c3ccccc3-c3ccccc32)[C@H](NC(=O)OC(C)(C)C)C1. The number of rotatable bonds is 5. The van der Waals surface area contributed by atoms with Gasteiger partial charge in [0.25, 0.3) is 0 Å². The molecule has 0 radical (unpaired) electrons. The fourth-order valence-corrected chi connectivity index (χ4v) is 5.34. The van der Waals surface area contributed by atoms with Crippen molar-refractivity contribution < 1.29 is 23.9 Å². The zero-order valence-electron chi connectivity index (χ0n) is 22.2. The predicted molar refractivity (Wildman–Crippen MR) is 141 cm³/mol. The summed E-state index contributed by atoms with van der Waals surface area (Å²) in [4.78, 5) is 39.6. The van der Waals surface area contributed by atoms with E-state index in [4.69, 9.17) is 9.47 Å². The molecule has 2 aliphatic rings. The summed E-state index contributed by atoms with van der Waals surface area (Å²) >= 11 is 0. The highest BCUT2D eigenvalue weighted by Gasteiger charge is 2.37. The fraction of sp³-hybridized carbons (Fsp3) is 0.483. The summed E-state index contributed by atoms with van der Waals surface area (Å²) in [5, 5.41) is 5.82. The molecule has 2 N–H and O–H groups in total. The van der Waals surface area contributed by atoms with Crippen LogP contribution in [0, 0.1) is 5.92 Å². The highest BCUT2D eigenvalue weighted by atomic mass is 16.6. The van der Waals surface area contributed by atoms with Crippen LogP contribution in [0.4, 0.5) is 9.59 Å². The molecule has 0 saturated heterocycles. The third kappa shape index (κ3) is 6.24. The topological polar surface area (TPSA) is 97.0 Å². The molecule has 0 unspecified atom stereocenters. The molecule has 8 nitrogen and oxygen atoms in total. The van der Waals surface area contributed by atoms with Crippen molar-refractivity contribution in [1.82, 2.24) is 15.5 Å². The molecule has 2 aromatic carbocycles. The van der Waals surface area contributed by atoms with Crippen LogP contribution in [0.2, 0.25) is 0 Å². The van der Waals surface area contributed by atoms with Crippen molar-refractivity contribution in [3.63, 3.8) is 0 Å². The van der Waals surface area contributed by atoms with E-state index in [1.807, 2.05) is 24.3 Å². The lowest BCUT2D eigenvalue weighted by Gasteiger charge is -2.37. The first-order valence-electron chi connectivity index (χ1n) is 12.9. The Bertz CT molecular complexity index is 1110. The molecule has 3 atom stereocenters. The van der Waals surface area contributed by atoms with Crippen molar-refractivity contribution in [3.05, 3.63) is 59.7 Å². The molecule has 1 saturated carbocycles. The van der Waals surface area contributed by atoms with Crippen LogP contribution in [-0.2, 0) is 14.3 Å². The minimum absolute atomic E-state index is 0.00980. The average molecular weight is 508 g/mol. The molecular formula is C29H37N3O5. The number of benzene rings is 2. The van der Waals surface area contributed by atoms with Gasteiger partial charge in [0.15, 0.2) is 0 Å². The molecule has 2 aromatic rings. The molecule has 0 heterocycles. The zero-order valence-corrected chi connectivity index (χ0v) is 22.2. The van der Waals surface area contributed by atoms with E-state index in [0.29, 0.717) is 19.3 Å². The molecule has 0 aromatic heterocycles. The van der Waals surface area contributed by atoms with E-state index < -0.39 is 23.8 Å². The molecule has 3 amide bonds. The Morgan fingerprint density at radius 3 is 2.00 bits per heavy atom. The second-order valence-corrected chi connectivity index (χ2v) is 11.1. The quantitative estimate of drug-likeness (QED) is 0.613. The third-order valence-electron chi connectivity index (χ3n) is 6.99. The van der Waals surface area contributed by atoms with Gasteiger partial charge in [-0.05, 0) is 62.3 Å². The fourth-order valence-electron chi connectivity index (χ4n) is 5.34. The lowest BCUT2D eigenvalue weighted by atomic mass is 9.81. The number of amides is 3. The summed E-state index contributed by atoms with van der Waals surface area (Å²) in [6, 6.07) is 15.5. The number of nitrogens with zero attached hydrogens (tertiary/aromatic N) is 1. The Balaban J connectivity index is 1.42. The molecule has 37 heavy (non-hydrogen) atoms. The first kappa shape index (κ1) is 26.5. The summed E-state index contributed by atoms with van der Waals surface area (Å²) in [6.45, 7) is 5.58. The van der Waals surface area contributed by atoms with Crippen LogP contribution < -0.4 is 10.6 Å². The van der Waals surface area contributed by atoms with Gasteiger partial charge in [-0.3, -0.25) is 4.79 Å². The summed E-state index contributed by atoms with van der Waals surface area (Å²) in [7, 11) is 3.44. The first-order valence-corrected chi connectivity index (χ1v) is 12.9. The highest BCUT2D eigenvalue weighted by molar-refractivity contribution is 5.80. The summed E-state index contributed by atoms with van der Waals surface area (Å²) in [5.74, 6) is -0.270. The van der Waals surface area contributed by atoms with Gasteiger partial charge in [0.2, 0.25) is 5.91 Å². The van der Waals surface area contributed by atoms with Gasteiger partial charge in [-0.25, -0.2) is 9.59 Å². The molecule has 0 bridgehead atoms. The van der Waals surface area contributed by atoms with E-state index in [0.717, 1.165) is 22.3 Å². The van der Waals surface area contributed by atoms with E-state index in [2.05, 4.69) is 34.9 Å². The summed E-state index contributed by atoms with van der Waals surface area (Å²) < 4.78 is 11.1. The number of hydrogen-bond donors (Lipinski definition) is 2. The molecule has 8 heteroatoms. The Hall–Kier alpha value is -3.55. The lowest BCUT2D eigenvalue weighted by molar-refractivity contribution is -0.134. The van der Waals surface area contributed by atoms with Gasteiger partial charge in [0, 0.05) is 25.9 Å². The summed E-state index contributed by atoms with van der Waals surface area (Å²) in [6.07, 6.45) is 0.437. The van der Waals surface area contributed by atoms with E-state index in [1.165, 1.54) is 0 Å². The molecule has 0 aliphatic heterocycles. The summed E-state index contributed by atoms with van der Waals surface area (Å²) in [5.41, 5.74) is 3.95. The Labute approximate surface area is 218 Å². The van der Waals surface area contributed by atoms with Crippen LogP contribution >= 0.6 is 0 Å². The number of carbonyl (C=O) groups is 3. The number of hydrogen-bond acceptors (Lipinski definition) is 5. The molecule has 1 fully saturated rings. The van der Waals surface area contributed by atoms with Gasteiger partial charge in [0.05, 0.1) is 12.1 Å². The zero-order chi connectivity index (χ0) is 26.7. The van der Waals surface area contributed by atoms with Crippen molar-refractivity contribution in [2.75, 3.05) is 20.7 Å². The van der Waals surface area contributed by atoms with E-state index in [9.17, 15) is 14.4 Å². The Morgan fingerprint density at radius 2 is 1.43 bits per heavy atom. The van der Waals surface area contributed by atoms with Gasteiger partial charge in [-0.2, -0.15) is 0 Å². The second kappa shape index (κ2) is 10.8. The third-order valence-corrected chi connectivity index (χ3v) is 6.99. The van der Waals surface area contributed by atoms with Crippen LogP contribution in [0.25, 0.3) is 11.1 Å². The van der Waals surface area contributed by atoms with Crippen LogP contribution in [0.15, 0.2) is 48.5 Å². The van der Waals surface area contributed by atoms with Crippen molar-refractivity contribution in [2.45, 2.75) is 63.6 Å². The van der Waals surface area contributed by atoms with Crippen molar-refractivity contribution in [1.29, 1.82) is 0 Å². The van der Waals surface area contributed by atoms with Crippen molar-refractivity contribution in [2.24, 2.45) is 5.92 Å². The van der Waals surface area contributed by atoms with Crippen LogP contribution in [0.1, 0.15) is 57.1 Å². The van der Waals surface area contributed by atoms with Gasteiger partial charge >= 0.3 is 12.2 Å². The standard InChI is InChI=1S/C29H37N3O5/c1-29(2,3)37-28(35)31-25-16-18(26(33)32(4)5)14-15-24(25)30-27(34)36-17-23-21-12-8-6-10-19(21)20-11-7-9-13-22(20)23/h6-13,18,23-25H,14-17H2,1-5H3,(H,30,34)(H,31,35)/t18-,24-,25+/m0/s1. The Kier molecular flexibility index (Phi) is 7.76. The van der Waals surface area contributed by atoms with Crippen LogP contribution in [0.3, 0.4) is 0 Å². The van der Waals surface area contributed by atoms with Crippen LogP contribution in [0.5, 0.6) is 0 Å². The number of alkyl carbamates (subject to hydrolysis) is 2. The Morgan fingerprint density at radius 1 is 0.865 bits per heavy atom. The maximum atomic E-state index is 12.9. The van der Waals surface area contributed by atoms with E-state index in [-0.39, 0.29) is 30.4 Å². The molecule has 198 valence electrons. The highest BCUT2D eigenvalue weighted by Crippen LogP contribution is 2.44. The number of ether oxygens (including phenoxy) is 2. The minimum atomic E-state index is -0.659. The van der Waals surface area contributed by atoms with Crippen molar-refractivity contribution in [3.8, 4) is 11.1 Å². The second-order valence-electron chi connectivity index (χ2n) is 11.1. The van der Waals surface area contributed by atoms with Gasteiger partial charge in [-0.15, -0.1) is 0 Å². The number of nitrogens with one attached hydrogen (secondary N) is 2. The maximum absolute atomic E-state index is 12.9. The number of carbonyl (C=O) groups excluding carboxylic acids is 3. The van der Waals surface area contributed by atoms with Gasteiger partial charge < -0.3 is 25.0 Å². The van der Waals surface area contributed by atoms with Gasteiger partial charge in [0.1, 0.15) is 12.2 Å². The maximum Gasteiger partial charge on any atom is 0.407 e. The average Bonchev–Trinajstić information content (AvgIpc) is 3.16. The molecule has 0 spiro atoms. The largest absolute Gasteiger partial charge is 0.449 e. The van der Waals surface area contributed by atoms with Crippen LogP contribution in [-0.4, -0.2) is 61.4 Å². The van der Waals surface area contributed by atoms with Crippen molar-refractivity contribution >= 4 is 18.1 Å². The van der Waals surface area contributed by atoms with E-state index in [1.54, 1.807) is 39.8 Å². The molecule has 2 aliphatic carbocycles. The monoisotopic (exact) mass is 507 g/mol. The first-order chi connectivity index (χ1) is 17.5.